The van der Waals surface area contributed by atoms with Gasteiger partial charge in [0.25, 0.3) is 41.4 Å². The standard InChI is InChI=1S/C20H21N3O2.C19H19N3O2.C18H17N3O2.C16H21N3O3.C12H13N3O2.C11H11N3O2.C10H9N3O2/c1-23-18-12-10-16(11-13-20(24)22-25)14-17(18)21-19(23)9-5-8-15-6-3-2-4-7-15;1-22-17-10-7-15(9-12-19(23)21-24)13-16(17)20-18(22)11-8-14-5-3-2-4-6-14;22-18(21-23)11-8-14-6-9-15-16(12-14)20-17(19-15)10-7-13-4-2-1-3-5-13;1-11(2)16-17-13-10-12(5-7-15(21)18-22)4-6-14(13)19(16)8-3-9-20;1-8-13-10-7-9(4-6-12(16)14-17)3-5-11(10)15(8)2;1-14-7-12-9-6-8(2-4-10(9)14)3-5-11(15)13-16;14-10(13-15)4-2-7-1-3-8-9(5-7)12-6-11-8/h2-4,6-7,10-14,25H,5,8-9H2,1H3,(H,22,24);2-7,9-10,12-13,24H,8,11H2,1H3,(H,21,23);1-6,8-9,11-12,23H,7,10H2,(H,19,20)(H,21,22);4-7,10-11,20,22H,3,8-9H2,1-2H3,(H,18,21);3-7,17H,1-2H3,(H,14,16);2-7,16H,1H3,(H,13,15);1-6,15H,(H,11,12)(H,13,14)/b13-11+;12-9+;11-8+;7-5+;6-4+;5-3+;4-2+. The quantitative estimate of drug-likeness (QED) is 0.0123. The fraction of sp³-hybridized carbons (Fsp3) is 0.170. The van der Waals surface area contributed by atoms with E-state index in [4.69, 9.17) is 51.5 Å². The summed E-state index contributed by atoms with van der Waals surface area (Å²) in [5.41, 5.74) is 34.0. The molecule has 17 rings (SSSR count). The number of carbonyl (C=O) groups is 7. The molecule has 0 saturated carbocycles. The van der Waals surface area contributed by atoms with Gasteiger partial charge in [-0.2, -0.15) is 0 Å². The van der Waals surface area contributed by atoms with E-state index in [0.29, 0.717) is 6.42 Å². The number of rotatable bonds is 28. The second-order valence-corrected chi connectivity index (χ2v) is 32.5. The molecule has 7 heterocycles. The first kappa shape index (κ1) is 105. The minimum absolute atomic E-state index is 0.147. The second kappa shape index (κ2) is 53.4. The number of amides is 7. The lowest BCUT2D eigenvalue weighted by molar-refractivity contribution is -0.124. The van der Waals surface area contributed by atoms with Crippen LogP contribution in [-0.4, -0.2) is 157 Å². The average Bonchev–Trinajstić information content (AvgIpc) is 1.70. The third-order valence-electron chi connectivity index (χ3n) is 22.2. The number of aryl methyl sites for hydroxylation is 12. The molecule has 0 aliphatic carbocycles. The maximum Gasteiger partial charge on any atom is 0.267 e. The number of aliphatic hydroxyl groups excluding tert-OH is 1. The van der Waals surface area contributed by atoms with Crippen molar-refractivity contribution in [1.82, 2.24) is 106 Å². The normalized spacial score (nSPS) is 11.3. The van der Waals surface area contributed by atoms with Gasteiger partial charge in [0.15, 0.2) is 0 Å². The number of nitrogens with zero attached hydrogens (tertiary/aromatic N) is 12. The van der Waals surface area contributed by atoms with E-state index in [1.807, 2.05) is 214 Å². The zero-order valence-corrected chi connectivity index (χ0v) is 79.0. The van der Waals surface area contributed by atoms with Crippen LogP contribution in [0.2, 0.25) is 0 Å². The van der Waals surface area contributed by atoms with Gasteiger partial charge in [-0.3, -0.25) is 70.0 Å². The molecule has 7 amide bonds. The molecule has 7 aromatic heterocycles. The number of aliphatic hydroxyl groups is 1. The van der Waals surface area contributed by atoms with E-state index >= 15 is 0 Å². The van der Waals surface area contributed by atoms with Gasteiger partial charge in [0, 0.05) is 109 Å². The van der Waals surface area contributed by atoms with Crippen LogP contribution in [0.3, 0.4) is 0 Å². The Bertz CT molecular complexity index is 7410. The van der Waals surface area contributed by atoms with E-state index in [0.717, 1.165) is 197 Å². The summed E-state index contributed by atoms with van der Waals surface area (Å²) in [7, 11) is 7.93. The van der Waals surface area contributed by atoms with Crippen LogP contribution < -0.4 is 38.4 Å². The number of hydrogen-bond donors (Lipinski definition) is 17. The first-order valence-corrected chi connectivity index (χ1v) is 45.0. The molecule has 0 aliphatic heterocycles. The van der Waals surface area contributed by atoms with Crippen molar-refractivity contribution in [1.29, 1.82) is 0 Å². The lowest BCUT2D eigenvalue weighted by Gasteiger charge is -2.10. The largest absolute Gasteiger partial charge is 0.396 e. The number of H-pyrrole nitrogens is 2. The molecular weight excluding hydrogens is 1810 g/mol. The lowest BCUT2D eigenvalue weighted by atomic mass is 10.1. The Hall–Kier alpha value is -17.4. The Balaban J connectivity index is 0.000000159. The highest BCUT2D eigenvalue weighted by Gasteiger charge is 2.17. The zero-order chi connectivity index (χ0) is 101. The number of fused-ring (bicyclic) bond motifs is 7. The maximum absolute atomic E-state index is 11.1. The Morgan fingerprint density at radius 3 is 1.13 bits per heavy atom. The summed E-state index contributed by atoms with van der Waals surface area (Å²) in [6.07, 6.45) is 30.8. The van der Waals surface area contributed by atoms with Crippen molar-refractivity contribution in [2.75, 3.05) is 6.61 Å². The highest BCUT2D eigenvalue weighted by Crippen LogP contribution is 2.27. The van der Waals surface area contributed by atoms with E-state index in [9.17, 15) is 33.6 Å². The first-order chi connectivity index (χ1) is 68.7. The topological polar surface area (TPSA) is 512 Å². The molecule has 730 valence electrons. The van der Waals surface area contributed by atoms with Crippen LogP contribution in [0, 0.1) is 6.92 Å². The van der Waals surface area contributed by atoms with Gasteiger partial charge in [-0.25, -0.2) is 73.2 Å². The molecule has 0 radical (unpaired) electrons. The Labute approximate surface area is 815 Å². The third-order valence-corrected chi connectivity index (χ3v) is 22.2. The molecule has 17 N–H and O–H groups in total. The fourth-order valence-electron chi connectivity index (χ4n) is 14.8. The number of aromatic nitrogens is 14. The molecule has 0 bridgehead atoms. The number of carbonyl (C=O) groups excluding carboxylic acids is 7. The number of hydroxylamine groups is 7. The van der Waals surface area contributed by atoms with Gasteiger partial charge in [0.05, 0.1) is 89.9 Å². The van der Waals surface area contributed by atoms with Crippen LogP contribution in [0.1, 0.15) is 117 Å². The smallest absolute Gasteiger partial charge is 0.267 e. The van der Waals surface area contributed by atoms with Crippen LogP contribution in [0.5, 0.6) is 0 Å². The molecule has 10 aromatic carbocycles. The Kier molecular flexibility index (Phi) is 39.5. The molecular formula is C106H111N21O15. The third kappa shape index (κ3) is 31.1. The fourth-order valence-corrected chi connectivity index (χ4v) is 14.8. The minimum atomic E-state index is -0.573. The van der Waals surface area contributed by atoms with E-state index < -0.39 is 41.4 Å². The molecule has 17 aromatic rings. The van der Waals surface area contributed by atoms with Crippen molar-refractivity contribution in [3.63, 3.8) is 0 Å². The van der Waals surface area contributed by atoms with Crippen molar-refractivity contribution in [2.24, 2.45) is 28.2 Å². The van der Waals surface area contributed by atoms with E-state index in [2.05, 4.69) is 111 Å². The monoisotopic (exact) mass is 1920 g/mol. The predicted molar refractivity (Wildman–Crippen MR) is 544 cm³/mol. The minimum Gasteiger partial charge on any atom is -0.396 e. The summed E-state index contributed by atoms with van der Waals surface area (Å²) in [6.45, 7) is 6.98. The Morgan fingerprint density at radius 2 is 0.704 bits per heavy atom. The van der Waals surface area contributed by atoms with E-state index in [1.165, 1.54) is 70.2 Å². The van der Waals surface area contributed by atoms with Crippen molar-refractivity contribution in [3.8, 4) is 0 Å². The van der Waals surface area contributed by atoms with Crippen LogP contribution in [0.25, 0.3) is 120 Å². The number of benzene rings is 10. The van der Waals surface area contributed by atoms with Crippen LogP contribution in [0.4, 0.5) is 0 Å². The van der Waals surface area contributed by atoms with Gasteiger partial charge in [-0.1, -0.05) is 147 Å². The first-order valence-electron chi connectivity index (χ1n) is 45.0. The van der Waals surface area contributed by atoms with Crippen molar-refractivity contribution in [3.05, 3.63) is 358 Å². The van der Waals surface area contributed by atoms with Gasteiger partial charge in [-0.15, -0.1) is 0 Å². The summed E-state index contributed by atoms with van der Waals surface area (Å²) in [6, 6.07) is 71.3. The highest BCUT2D eigenvalue weighted by molar-refractivity contribution is 5.96. The molecule has 36 nitrogen and oxygen atoms in total. The van der Waals surface area contributed by atoms with Gasteiger partial charge in [-0.05, 0) is 222 Å². The summed E-state index contributed by atoms with van der Waals surface area (Å²) in [5, 5.41) is 68.0. The van der Waals surface area contributed by atoms with Crippen molar-refractivity contribution in [2.45, 2.75) is 84.6 Å². The van der Waals surface area contributed by atoms with Crippen LogP contribution >= 0.6 is 0 Å². The molecule has 36 heteroatoms. The number of aromatic amines is 2. The number of hydrogen-bond acceptors (Lipinski definition) is 22. The SMILES string of the molecule is CC(C)c1nc2cc(/C=C/C(=O)NO)ccc2n1CCCO.Cc1nc2cc(/C=C/C(=O)NO)ccc2n1C.Cn1c(CCCc2ccccc2)nc2cc(/C=C/C(=O)NO)ccc21.Cn1c(CCc2ccccc2)nc2cc(/C=C/C(=O)NO)ccc21.Cn1cnc2cc(/C=C/C(=O)NO)ccc21.O=C(/C=C/c1ccc2nc(CCc3ccccc3)[nH]c2c1)NO.O=C(/C=C/c1ccc2nc[nH]c2c1)NO. The predicted octanol–water partition coefficient (Wildman–Crippen LogP) is 14.6. The zero-order valence-electron chi connectivity index (χ0n) is 79.0. The second-order valence-electron chi connectivity index (χ2n) is 32.5. The molecule has 0 saturated heterocycles. The molecule has 0 atom stereocenters. The summed E-state index contributed by atoms with van der Waals surface area (Å²) < 4.78 is 10.3. The van der Waals surface area contributed by atoms with Crippen LogP contribution in [0.15, 0.2) is 274 Å². The lowest BCUT2D eigenvalue weighted by Crippen LogP contribution is -2.14. The summed E-state index contributed by atoms with van der Waals surface area (Å²) in [5.74, 6) is 1.33. The van der Waals surface area contributed by atoms with Gasteiger partial charge >= 0.3 is 0 Å². The van der Waals surface area contributed by atoms with Gasteiger partial charge in [0.1, 0.15) is 29.1 Å². The summed E-state index contributed by atoms with van der Waals surface area (Å²) in [4.78, 5) is 114. The average molecular weight is 1920 g/mol. The van der Waals surface area contributed by atoms with E-state index in [-0.39, 0.29) is 12.5 Å². The molecule has 0 aliphatic rings. The van der Waals surface area contributed by atoms with Crippen LogP contribution in [-0.2, 0) is 107 Å². The molecule has 0 spiro atoms. The number of imidazole rings is 7. The molecule has 142 heavy (non-hydrogen) atoms. The maximum atomic E-state index is 11.1. The van der Waals surface area contributed by atoms with Gasteiger partial charge < -0.3 is 37.9 Å². The number of nitrogens with one attached hydrogen (secondary N) is 9. The van der Waals surface area contributed by atoms with Crippen molar-refractivity contribution >= 4 is 161 Å². The highest BCUT2D eigenvalue weighted by atomic mass is 16.5. The van der Waals surface area contributed by atoms with Crippen molar-refractivity contribution < 1.29 is 75.1 Å². The molecule has 0 fully saturated rings. The molecule has 0 unspecified atom stereocenters. The van der Waals surface area contributed by atoms with E-state index in [1.54, 1.807) is 82.6 Å². The Morgan fingerprint density at radius 1 is 0.345 bits per heavy atom. The summed E-state index contributed by atoms with van der Waals surface area (Å²) >= 11 is 0. The van der Waals surface area contributed by atoms with Gasteiger partial charge in [0.2, 0.25) is 0 Å².